The number of carbonyl (C=O) groups is 2. The summed E-state index contributed by atoms with van der Waals surface area (Å²) in [6.45, 7) is 1.84. The van der Waals surface area contributed by atoms with Crippen LogP contribution in [0.2, 0.25) is 0 Å². The highest BCUT2D eigenvalue weighted by Gasteiger charge is 2.44. The minimum Gasteiger partial charge on any atom is -0.422 e. The number of hydrogen-bond donors (Lipinski definition) is 0. The topological polar surface area (TPSA) is 52.6 Å². The summed E-state index contributed by atoms with van der Waals surface area (Å²) < 4.78 is 10.6. The standard InChI is InChI=1S/C11H16O4/c1-8-5-7-11(15-10(8)13)6-3-2-4-9(12)14-11/h8H,2-7H2,1H3/t8-,11+/m1/s1. The fourth-order valence-electron chi connectivity index (χ4n) is 2.11. The summed E-state index contributed by atoms with van der Waals surface area (Å²) in [4.78, 5) is 22.8. The van der Waals surface area contributed by atoms with Crippen molar-refractivity contribution in [2.24, 2.45) is 5.92 Å². The van der Waals surface area contributed by atoms with E-state index < -0.39 is 5.79 Å². The second kappa shape index (κ2) is 3.83. The van der Waals surface area contributed by atoms with Gasteiger partial charge in [0.05, 0.1) is 5.92 Å². The average molecular weight is 212 g/mol. The van der Waals surface area contributed by atoms with Crippen molar-refractivity contribution in [2.45, 2.75) is 51.2 Å². The molecule has 1 spiro atoms. The predicted octanol–water partition coefficient (Wildman–Crippen LogP) is 1.77. The van der Waals surface area contributed by atoms with Crippen molar-refractivity contribution in [3.05, 3.63) is 0 Å². The van der Waals surface area contributed by atoms with Crippen molar-refractivity contribution in [1.29, 1.82) is 0 Å². The summed E-state index contributed by atoms with van der Waals surface area (Å²) in [7, 11) is 0. The van der Waals surface area contributed by atoms with E-state index in [4.69, 9.17) is 9.47 Å². The number of ether oxygens (including phenoxy) is 2. The fraction of sp³-hybridized carbons (Fsp3) is 0.818. The molecule has 0 unspecified atom stereocenters. The molecule has 0 saturated carbocycles. The van der Waals surface area contributed by atoms with Crippen molar-refractivity contribution in [2.75, 3.05) is 0 Å². The number of rotatable bonds is 0. The number of esters is 2. The van der Waals surface area contributed by atoms with Gasteiger partial charge in [-0.05, 0) is 19.3 Å². The largest absolute Gasteiger partial charge is 0.422 e. The molecule has 4 heteroatoms. The maximum Gasteiger partial charge on any atom is 0.311 e. The average Bonchev–Trinajstić information content (AvgIpc) is 2.35. The molecule has 2 aliphatic heterocycles. The molecule has 0 radical (unpaired) electrons. The maximum atomic E-state index is 11.5. The van der Waals surface area contributed by atoms with Crippen LogP contribution in [0, 0.1) is 5.92 Å². The van der Waals surface area contributed by atoms with E-state index in [-0.39, 0.29) is 17.9 Å². The Morgan fingerprint density at radius 3 is 2.73 bits per heavy atom. The van der Waals surface area contributed by atoms with Crippen molar-refractivity contribution >= 4 is 11.9 Å². The molecular formula is C11H16O4. The van der Waals surface area contributed by atoms with Crippen LogP contribution in [0.25, 0.3) is 0 Å². The zero-order chi connectivity index (χ0) is 10.9. The summed E-state index contributed by atoms with van der Waals surface area (Å²) >= 11 is 0. The molecule has 4 nitrogen and oxygen atoms in total. The van der Waals surface area contributed by atoms with E-state index in [1.165, 1.54) is 0 Å². The molecule has 2 aliphatic rings. The van der Waals surface area contributed by atoms with E-state index in [0.29, 0.717) is 19.3 Å². The van der Waals surface area contributed by atoms with E-state index >= 15 is 0 Å². The molecule has 0 aromatic heterocycles. The SMILES string of the molecule is C[C@@H]1CC[C@]2(CCCCC(=O)O2)OC1=O. The highest BCUT2D eigenvalue weighted by atomic mass is 16.7. The lowest BCUT2D eigenvalue weighted by atomic mass is 9.94. The molecule has 2 fully saturated rings. The number of carbonyl (C=O) groups excluding carboxylic acids is 2. The minimum absolute atomic E-state index is 0.0717. The summed E-state index contributed by atoms with van der Waals surface area (Å²) in [5, 5.41) is 0. The van der Waals surface area contributed by atoms with Crippen LogP contribution in [0.5, 0.6) is 0 Å². The van der Waals surface area contributed by atoms with E-state index in [2.05, 4.69) is 0 Å². The van der Waals surface area contributed by atoms with E-state index in [0.717, 1.165) is 19.3 Å². The molecule has 2 saturated heterocycles. The molecule has 2 atom stereocenters. The second-order valence-corrected chi connectivity index (χ2v) is 4.45. The third kappa shape index (κ3) is 2.13. The predicted molar refractivity (Wildman–Crippen MR) is 51.8 cm³/mol. The zero-order valence-corrected chi connectivity index (χ0v) is 8.95. The van der Waals surface area contributed by atoms with Crippen LogP contribution in [0.1, 0.15) is 45.4 Å². The van der Waals surface area contributed by atoms with E-state index in [1.807, 2.05) is 6.92 Å². The van der Waals surface area contributed by atoms with Crippen LogP contribution in [0.3, 0.4) is 0 Å². The van der Waals surface area contributed by atoms with Crippen molar-refractivity contribution in [3.8, 4) is 0 Å². The summed E-state index contributed by atoms with van der Waals surface area (Å²) in [5.41, 5.74) is 0. The van der Waals surface area contributed by atoms with Gasteiger partial charge in [0.2, 0.25) is 0 Å². The van der Waals surface area contributed by atoms with Crippen LogP contribution in [-0.2, 0) is 19.1 Å². The van der Waals surface area contributed by atoms with Gasteiger partial charge in [0.15, 0.2) is 0 Å². The maximum absolute atomic E-state index is 11.5. The van der Waals surface area contributed by atoms with Gasteiger partial charge in [0.1, 0.15) is 0 Å². The molecule has 15 heavy (non-hydrogen) atoms. The molecule has 0 aromatic rings. The lowest BCUT2D eigenvalue weighted by Gasteiger charge is -2.36. The van der Waals surface area contributed by atoms with Crippen LogP contribution in [-0.4, -0.2) is 17.7 Å². The van der Waals surface area contributed by atoms with Gasteiger partial charge in [-0.3, -0.25) is 9.59 Å². The minimum atomic E-state index is -0.933. The van der Waals surface area contributed by atoms with Gasteiger partial charge in [-0.2, -0.15) is 0 Å². The Hall–Kier alpha value is -1.06. The third-order valence-electron chi connectivity index (χ3n) is 3.14. The highest BCUT2D eigenvalue weighted by molar-refractivity contribution is 5.74. The van der Waals surface area contributed by atoms with Gasteiger partial charge >= 0.3 is 11.9 Å². The Bertz CT molecular complexity index is 286. The monoisotopic (exact) mass is 212 g/mol. The van der Waals surface area contributed by atoms with E-state index in [9.17, 15) is 9.59 Å². The van der Waals surface area contributed by atoms with Gasteiger partial charge in [0, 0.05) is 19.3 Å². The zero-order valence-electron chi connectivity index (χ0n) is 8.95. The van der Waals surface area contributed by atoms with Gasteiger partial charge in [-0.1, -0.05) is 6.92 Å². The Labute approximate surface area is 88.9 Å². The van der Waals surface area contributed by atoms with Gasteiger partial charge < -0.3 is 9.47 Å². The van der Waals surface area contributed by atoms with Crippen molar-refractivity contribution < 1.29 is 19.1 Å². The first kappa shape index (κ1) is 10.5. The summed E-state index contributed by atoms with van der Waals surface area (Å²) in [5.74, 6) is -1.49. The van der Waals surface area contributed by atoms with Gasteiger partial charge in [-0.15, -0.1) is 0 Å². The molecule has 0 amide bonds. The molecule has 0 aromatic carbocycles. The molecule has 0 aliphatic carbocycles. The van der Waals surface area contributed by atoms with Gasteiger partial charge in [-0.25, -0.2) is 0 Å². The smallest absolute Gasteiger partial charge is 0.311 e. The van der Waals surface area contributed by atoms with E-state index in [1.54, 1.807) is 0 Å². The first-order valence-electron chi connectivity index (χ1n) is 5.56. The summed E-state index contributed by atoms with van der Waals surface area (Å²) in [6.07, 6.45) is 4.19. The lowest BCUT2D eigenvalue weighted by Crippen LogP contribution is -2.44. The Kier molecular flexibility index (Phi) is 2.67. The quantitative estimate of drug-likeness (QED) is 0.574. The van der Waals surface area contributed by atoms with Crippen LogP contribution < -0.4 is 0 Å². The van der Waals surface area contributed by atoms with Crippen molar-refractivity contribution in [1.82, 2.24) is 0 Å². The lowest BCUT2D eigenvalue weighted by molar-refractivity contribution is -0.244. The van der Waals surface area contributed by atoms with Crippen LogP contribution in [0.15, 0.2) is 0 Å². The molecule has 2 heterocycles. The third-order valence-corrected chi connectivity index (χ3v) is 3.14. The fourth-order valence-corrected chi connectivity index (χ4v) is 2.11. The van der Waals surface area contributed by atoms with Crippen molar-refractivity contribution in [3.63, 3.8) is 0 Å². The number of hydrogen-bond acceptors (Lipinski definition) is 4. The summed E-state index contributed by atoms with van der Waals surface area (Å²) in [6, 6.07) is 0. The molecule has 0 N–H and O–H groups in total. The first-order chi connectivity index (χ1) is 7.11. The molecule has 2 rings (SSSR count). The second-order valence-electron chi connectivity index (χ2n) is 4.45. The van der Waals surface area contributed by atoms with Crippen LogP contribution >= 0.6 is 0 Å². The molecular weight excluding hydrogens is 196 g/mol. The molecule has 0 bridgehead atoms. The Morgan fingerprint density at radius 2 is 2.00 bits per heavy atom. The Balaban J connectivity index is 2.11. The first-order valence-corrected chi connectivity index (χ1v) is 5.56. The normalized spacial score (nSPS) is 37.0. The molecule has 84 valence electrons. The van der Waals surface area contributed by atoms with Gasteiger partial charge in [0.25, 0.3) is 5.79 Å². The highest BCUT2D eigenvalue weighted by Crippen LogP contribution is 2.36. The van der Waals surface area contributed by atoms with Crippen LogP contribution in [0.4, 0.5) is 0 Å². The Morgan fingerprint density at radius 1 is 1.20 bits per heavy atom.